The number of benzene rings is 1. The average Bonchev–Trinajstić information content (AvgIpc) is 2.29. The molecule has 0 radical (unpaired) electrons. The monoisotopic (exact) mass is 223 g/mol. The molecule has 16 heavy (non-hydrogen) atoms. The van der Waals surface area contributed by atoms with Gasteiger partial charge in [-0.05, 0) is 26.3 Å². The molecule has 0 atom stereocenters. The van der Waals surface area contributed by atoms with Crippen LogP contribution < -0.4 is 5.73 Å². The second-order valence-corrected chi connectivity index (χ2v) is 3.64. The maximum Gasteiger partial charge on any atom is 0.207 e. The Morgan fingerprint density at radius 1 is 1.12 bits per heavy atom. The Kier molecular flexibility index (Phi) is 4.93. The molecule has 0 saturated carbocycles. The van der Waals surface area contributed by atoms with Crippen molar-refractivity contribution in [3.05, 3.63) is 35.4 Å². The molecule has 2 N–H and O–H groups in total. The Balaban J connectivity index is 3.13. The average molecular weight is 223 g/mol. The molecule has 3 heteroatoms. The van der Waals surface area contributed by atoms with Gasteiger partial charge in [-0.3, -0.25) is 0 Å². The minimum atomic E-state index is -0.797. The van der Waals surface area contributed by atoms with Crippen molar-refractivity contribution < 1.29 is 9.47 Å². The van der Waals surface area contributed by atoms with Gasteiger partial charge >= 0.3 is 0 Å². The highest BCUT2D eigenvalue weighted by Gasteiger charge is 2.33. The van der Waals surface area contributed by atoms with Crippen LogP contribution in [0.15, 0.2) is 24.3 Å². The zero-order valence-electron chi connectivity index (χ0n) is 10.3. The fourth-order valence-corrected chi connectivity index (χ4v) is 1.89. The number of rotatable bonds is 6. The second-order valence-electron chi connectivity index (χ2n) is 3.64. The fraction of sp³-hybridized carbons (Fsp3) is 0.538. The smallest absolute Gasteiger partial charge is 0.207 e. The molecule has 0 aliphatic carbocycles. The van der Waals surface area contributed by atoms with Crippen LogP contribution in [-0.4, -0.2) is 19.8 Å². The standard InChI is InChI=1S/C13H21NO2/c1-4-15-13(10-14,16-5-2)12-9-7-6-8-11(12)3/h6-9H,4-5,10,14H2,1-3H3. The highest BCUT2D eigenvalue weighted by Crippen LogP contribution is 2.28. The van der Waals surface area contributed by atoms with E-state index in [1.165, 1.54) is 0 Å². The fourth-order valence-electron chi connectivity index (χ4n) is 1.89. The molecule has 0 aromatic heterocycles. The van der Waals surface area contributed by atoms with Crippen molar-refractivity contribution >= 4 is 0 Å². The van der Waals surface area contributed by atoms with E-state index in [1.54, 1.807) is 0 Å². The summed E-state index contributed by atoms with van der Waals surface area (Å²) < 4.78 is 11.5. The van der Waals surface area contributed by atoms with Gasteiger partial charge in [-0.1, -0.05) is 24.3 Å². The van der Waals surface area contributed by atoms with Crippen LogP contribution in [-0.2, 0) is 15.3 Å². The van der Waals surface area contributed by atoms with Gasteiger partial charge in [-0.15, -0.1) is 0 Å². The lowest BCUT2D eigenvalue weighted by molar-refractivity contribution is -0.235. The first kappa shape index (κ1) is 13.2. The first-order chi connectivity index (χ1) is 7.70. The summed E-state index contributed by atoms with van der Waals surface area (Å²) in [6.45, 7) is 7.40. The summed E-state index contributed by atoms with van der Waals surface area (Å²) in [5.41, 5.74) is 7.98. The first-order valence-corrected chi connectivity index (χ1v) is 5.74. The molecule has 90 valence electrons. The molecule has 0 aliphatic rings. The van der Waals surface area contributed by atoms with Crippen molar-refractivity contribution in [1.29, 1.82) is 0 Å². The summed E-state index contributed by atoms with van der Waals surface area (Å²) in [4.78, 5) is 0. The van der Waals surface area contributed by atoms with Crippen molar-refractivity contribution in [2.24, 2.45) is 5.73 Å². The van der Waals surface area contributed by atoms with Crippen molar-refractivity contribution in [2.75, 3.05) is 19.8 Å². The first-order valence-electron chi connectivity index (χ1n) is 5.74. The predicted octanol–water partition coefficient (Wildman–Crippen LogP) is 2.18. The molecular weight excluding hydrogens is 202 g/mol. The van der Waals surface area contributed by atoms with Gasteiger partial charge in [0.25, 0.3) is 0 Å². The van der Waals surface area contributed by atoms with Gasteiger partial charge in [0.15, 0.2) is 0 Å². The number of hydrogen-bond acceptors (Lipinski definition) is 3. The molecule has 0 fully saturated rings. The molecule has 0 spiro atoms. The number of ether oxygens (including phenoxy) is 2. The Bertz CT molecular complexity index is 319. The SMILES string of the molecule is CCOC(CN)(OCC)c1ccccc1C. The molecule has 0 bridgehead atoms. The van der Waals surface area contributed by atoms with Crippen LogP contribution in [0.4, 0.5) is 0 Å². The van der Waals surface area contributed by atoms with Gasteiger partial charge in [0.2, 0.25) is 5.79 Å². The molecule has 3 nitrogen and oxygen atoms in total. The van der Waals surface area contributed by atoms with Crippen LogP contribution in [0.5, 0.6) is 0 Å². The molecular formula is C13H21NO2. The van der Waals surface area contributed by atoms with Crippen LogP contribution in [0.25, 0.3) is 0 Å². The van der Waals surface area contributed by atoms with E-state index in [-0.39, 0.29) is 0 Å². The Labute approximate surface area is 97.6 Å². The van der Waals surface area contributed by atoms with Gasteiger partial charge in [0.05, 0.1) is 6.54 Å². The number of aryl methyl sites for hydroxylation is 1. The molecule has 0 saturated heterocycles. The quantitative estimate of drug-likeness (QED) is 0.752. The summed E-state index contributed by atoms with van der Waals surface area (Å²) in [6, 6.07) is 8.02. The Morgan fingerprint density at radius 2 is 1.69 bits per heavy atom. The lowest BCUT2D eigenvalue weighted by atomic mass is 10.00. The van der Waals surface area contributed by atoms with Crippen molar-refractivity contribution in [1.82, 2.24) is 0 Å². The third kappa shape index (κ3) is 2.61. The van der Waals surface area contributed by atoms with E-state index in [4.69, 9.17) is 15.2 Å². The van der Waals surface area contributed by atoms with E-state index >= 15 is 0 Å². The van der Waals surface area contributed by atoms with E-state index in [2.05, 4.69) is 0 Å². The van der Waals surface area contributed by atoms with Crippen molar-refractivity contribution in [2.45, 2.75) is 26.6 Å². The molecule has 0 unspecified atom stereocenters. The Morgan fingerprint density at radius 3 is 2.12 bits per heavy atom. The van der Waals surface area contributed by atoms with Gasteiger partial charge in [0.1, 0.15) is 0 Å². The van der Waals surface area contributed by atoms with E-state index in [0.29, 0.717) is 19.8 Å². The summed E-state index contributed by atoms with van der Waals surface area (Å²) in [5.74, 6) is -0.797. The molecule has 1 rings (SSSR count). The topological polar surface area (TPSA) is 44.5 Å². The maximum absolute atomic E-state index is 5.83. The van der Waals surface area contributed by atoms with Gasteiger partial charge < -0.3 is 15.2 Å². The number of nitrogens with two attached hydrogens (primary N) is 1. The van der Waals surface area contributed by atoms with Crippen LogP contribution in [0, 0.1) is 6.92 Å². The van der Waals surface area contributed by atoms with E-state index in [0.717, 1.165) is 11.1 Å². The third-order valence-electron chi connectivity index (χ3n) is 2.58. The highest BCUT2D eigenvalue weighted by molar-refractivity contribution is 5.30. The lowest BCUT2D eigenvalue weighted by Crippen LogP contribution is -2.41. The zero-order chi connectivity index (χ0) is 12.0. The van der Waals surface area contributed by atoms with Crippen LogP contribution >= 0.6 is 0 Å². The second kappa shape index (κ2) is 5.99. The Hall–Kier alpha value is -0.900. The third-order valence-corrected chi connectivity index (χ3v) is 2.58. The normalized spacial score (nSPS) is 11.8. The summed E-state index contributed by atoms with van der Waals surface area (Å²) in [7, 11) is 0. The van der Waals surface area contributed by atoms with E-state index in [9.17, 15) is 0 Å². The van der Waals surface area contributed by atoms with Crippen LogP contribution in [0.2, 0.25) is 0 Å². The summed E-state index contributed by atoms with van der Waals surface area (Å²) >= 11 is 0. The number of hydrogen-bond donors (Lipinski definition) is 1. The largest absolute Gasteiger partial charge is 0.345 e. The van der Waals surface area contributed by atoms with Crippen molar-refractivity contribution in [3.63, 3.8) is 0 Å². The highest BCUT2D eigenvalue weighted by atomic mass is 16.7. The molecule has 1 aromatic rings. The zero-order valence-corrected chi connectivity index (χ0v) is 10.3. The van der Waals surface area contributed by atoms with Gasteiger partial charge in [-0.2, -0.15) is 0 Å². The molecule has 1 aromatic carbocycles. The van der Waals surface area contributed by atoms with Crippen molar-refractivity contribution in [3.8, 4) is 0 Å². The predicted molar refractivity (Wildman–Crippen MR) is 65.2 cm³/mol. The van der Waals surface area contributed by atoms with Gasteiger partial charge in [-0.25, -0.2) is 0 Å². The van der Waals surface area contributed by atoms with E-state index < -0.39 is 5.79 Å². The summed E-state index contributed by atoms with van der Waals surface area (Å²) in [6.07, 6.45) is 0. The van der Waals surface area contributed by atoms with Gasteiger partial charge in [0, 0.05) is 18.8 Å². The van der Waals surface area contributed by atoms with Crippen LogP contribution in [0.3, 0.4) is 0 Å². The summed E-state index contributed by atoms with van der Waals surface area (Å²) in [5, 5.41) is 0. The minimum absolute atomic E-state index is 0.319. The van der Waals surface area contributed by atoms with E-state index in [1.807, 2.05) is 45.0 Å². The van der Waals surface area contributed by atoms with Crippen LogP contribution in [0.1, 0.15) is 25.0 Å². The molecule has 0 heterocycles. The molecule has 0 amide bonds. The molecule has 0 aliphatic heterocycles. The maximum atomic E-state index is 5.83. The minimum Gasteiger partial charge on any atom is -0.345 e. The lowest BCUT2D eigenvalue weighted by Gasteiger charge is -2.33.